The van der Waals surface area contributed by atoms with Crippen molar-refractivity contribution in [3.8, 4) is 17.1 Å². The van der Waals surface area contributed by atoms with Crippen LogP contribution in [0.15, 0.2) is 33.7 Å². The molecule has 0 spiro atoms. The van der Waals surface area contributed by atoms with E-state index < -0.39 is 0 Å². The molecule has 0 aliphatic carbocycles. The highest BCUT2D eigenvalue weighted by atomic mass is 32.2. The summed E-state index contributed by atoms with van der Waals surface area (Å²) < 4.78 is 10.5. The predicted octanol–water partition coefficient (Wildman–Crippen LogP) is 2.37. The molecule has 2 heterocycles. The molecule has 2 aromatic rings. The second-order valence-electron chi connectivity index (χ2n) is 3.18. The topological polar surface area (TPSA) is 61.3 Å². The zero-order valence-corrected chi connectivity index (χ0v) is 8.58. The summed E-state index contributed by atoms with van der Waals surface area (Å²) in [6.07, 6.45) is 0. The van der Waals surface area contributed by atoms with E-state index in [1.54, 1.807) is 17.8 Å². The highest BCUT2D eigenvalue weighted by Crippen LogP contribution is 2.38. The molecule has 3 rings (SSSR count). The number of benzene rings is 1. The van der Waals surface area contributed by atoms with E-state index in [0.717, 1.165) is 16.2 Å². The van der Waals surface area contributed by atoms with E-state index >= 15 is 0 Å². The Balaban J connectivity index is 2.06. The third-order valence-electron chi connectivity index (χ3n) is 2.19. The van der Waals surface area contributed by atoms with Gasteiger partial charge in [-0.05, 0) is 18.2 Å². The quantitative estimate of drug-likeness (QED) is 0.799. The van der Waals surface area contributed by atoms with Crippen LogP contribution < -0.4 is 10.5 Å². The molecule has 0 radical (unpaired) electrons. The smallest absolute Gasteiger partial charge is 0.169 e. The Hall–Kier alpha value is -1.62. The molecule has 1 aliphatic heterocycles. The minimum atomic E-state index is 0.390. The van der Waals surface area contributed by atoms with Crippen LogP contribution in [0.25, 0.3) is 11.3 Å². The number of fused-ring (bicyclic) bond motifs is 1. The summed E-state index contributed by atoms with van der Waals surface area (Å²) in [5.41, 5.74) is 6.42. The van der Waals surface area contributed by atoms with Crippen LogP contribution in [-0.4, -0.2) is 11.1 Å². The molecule has 1 aromatic carbocycles. The molecule has 1 aromatic heterocycles. The molecule has 0 fully saturated rings. The Labute approximate surface area is 90.4 Å². The van der Waals surface area contributed by atoms with Gasteiger partial charge >= 0.3 is 0 Å². The van der Waals surface area contributed by atoms with E-state index in [0.29, 0.717) is 17.5 Å². The van der Waals surface area contributed by atoms with Crippen molar-refractivity contribution in [1.82, 2.24) is 5.16 Å². The summed E-state index contributed by atoms with van der Waals surface area (Å²) in [5, 5.41) is 3.64. The molecule has 15 heavy (non-hydrogen) atoms. The molecule has 0 bridgehead atoms. The lowest BCUT2D eigenvalue weighted by Crippen LogP contribution is -1.83. The summed E-state index contributed by atoms with van der Waals surface area (Å²) in [6.45, 7) is 0. The Morgan fingerprint density at radius 1 is 1.33 bits per heavy atom. The fourth-order valence-corrected chi connectivity index (χ4v) is 2.21. The molecule has 1 aliphatic rings. The maximum atomic E-state index is 5.49. The Kier molecular flexibility index (Phi) is 1.85. The molecule has 2 N–H and O–H groups in total. The number of ether oxygens (including phenoxy) is 1. The average molecular weight is 220 g/mol. The Morgan fingerprint density at radius 3 is 3.07 bits per heavy atom. The number of aromatic nitrogens is 1. The normalized spacial score (nSPS) is 13.6. The molecule has 0 unspecified atom stereocenters. The summed E-state index contributed by atoms with van der Waals surface area (Å²) in [4.78, 5) is 1.16. The molecule has 4 nitrogen and oxygen atoms in total. The number of nitrogens with zero attached hydrogens (tertiary/aromatic N) is 1. The van der Waals surface area contributed by atoms with E-state index in [1.165, 1.54) is 0 Å². The summed E-state index contributed by atoms with van der Waals surface area (Å²) in [5.74, 6) is 2.63. The van der Waals surface area contributed by atoms with Crippen molar-refractivity contribution in [1.29, 1.82) is 0 Å². The van der Waals surface area contributed by atoms with Gasteiger partial charge in [-0.1, -0.05) is 16.9 Å². The predicted molar refractivity (Wildman–Crippen MR) is 57.7 cm³/mol. The van der Waals surface area contributed by atoms with Gasteiger partial charge in [0.05, 0.1) is 4.90 Å². The lowest BCUT2D eigenvalue weighted by Gasteiger charge is -1.99. The summed E-state index contributed by atoms with van der Waals surface area (Å²) >= 11 is 1.68. The molecule has 0 saturated carbocycles. The van der Waals surface area contributed by atoms with Crippen molar-refractivity contribution in [2.45, 2.75) is 4.90 Å². The van der Waals surface area contributed by atoms with Gasteiger partial charge in [-0.2, -0.15) is 0 Å². The number of nitrogens with two attached hydrogens (primary N) is 1. The monoisotopic (exact) mass is 220 g/mol. The van der Waals surface area contributed by atoms with Gasteiger partial charge in [-0.3, -0.25) is 0 Å². The molecule has 5 heteroatoms. The molecule has 0 atom stereocenters. The molecular weight excluding hydrogens is 212 g/mol. The molecule has 76 valence electrons. The van der Waals surface area contributed by atoms with Gasteiger partial charge in [0, 0.05) is 11.6 Å². The van der Waals surface area contributed by atoms with E-state index in [1.807, 2.05) is 18.2 Å². The fraction of sp³-hybridized carbons (Fsp3) is 0.100. The third kappa shape index (κ3) is 1.45. The van der Waals surface area contributed by atoms with Crippen LogP contribution in [0.2, 0.25) is 0 Å². The van der Waals surface area contributed by atoms with Crippen LogP contribution in [-0.2, 0) is 0 Å². The first-order valence-electron chi connectivity index (χ1n) is 4.45. The van der Waals surface area contributed by atoms with Crippen LogP contribution in [0.1, 0.15) is 0 Å². The number of hydrogen-bond donors (Lipinski definition) is 1. The first-order valence-corrected chi connectivity index (χ1v) is 5.44. The van der Waals surface area contributed by atoms with Gasteiger partial charge in [0.25, 0.3) is 0 Å². The van der Waals surface area contributed by atoms with Crippen LogP contribution >= 0.6 is 11.8 Å². The highest BCUT2D eigenvalue weighted by Gasteiger charge is 2.14. The fourth-order valence-electron chi connectivity index (χ4n) is 1.47. The first kappa shape index (κ1) is 8.67. The largest absolute Gasteiger partial charge is 0.481 e. The minimum Gasteiger partial charge on any atom is -0.481 e. The summed E-state index contributed by atoms with van der Waals surface area (Å²) in [6, 6.07) is 7.63. The van der Waals surface area contributed by atoms with Crippen molar-refractivity contribution >= 4 is 17.6 Å². The minimum absolute atomic E-state index is 0.390. The van der Waals surface area contributed by atoms with Crippen molar-refractivity contribution < 1.29 is 9.26 Å². The zero-order chi connectivity index (χ0) is 10.3. The van der Waals surface area contributed by atoms with Gasteiger partial charge in [-0.25, -0.2) is 0 Å². The van der Waals surface area contributed by atoms with Gasteiger partial charge in [0.15, 0.2) is 11.6 Å². The molecule has 0 amide bonds. The maximum absolute atomic E-state index is 5.49. The van der Waals surface area contributed by atoms with Crippen LogP contribution in [0.5, 0.6) is 5.75 Å². The number of rotatable bonds is 1. The van der Waals surface area contributed by atoms with Gasteiger partial charge < -0.3 is 15.0 Å². The number of anilines is 1. The van der Waals surface area contributed by atoms with Gasteiger partial charge in [-0.15, -0.1) is 0 Å². The highest BCUT2D eigenvalue weighted by molar-refractivity contribution is 7.99. The second kappa shape index (κ2) is 3.20. The van der Waals surface area contributed by atoms with Gasteiger partial charge in [0.2, 0.25) is 0 Å². The molecular formula is C10H8N2O2S. The zero-order valence-electron chi connectivity index (χ0n) is 7.77. The first-order chi connectivity index (χ1) is 7.33. The van der Waals surface area contributed by atoms with E-state index in [4.69, 9.17) is 15.0 Å². The summed E-state index contributed by atoms with van der Waals surface area (Å²) in [7, 11) is 0. The Morgan fingerprint density at radius 2 is 2.27 bits per heavy atom. The lowest BCUT2D eigenvalue weighted by atomic mass is 10.1. The van der Waals surface area contributed by atoms with Crippen LogP contribution in [0.4, 0.5) is 5.82 Å². The van der Waals surface area contributed by atoms with E-state index in [2.05, 4.69) is 5.16 Å². The van der Waals surface area contributed by atoms with E-state index in [9.17, 15) is 0 Å². The van der Waals surface area contributed by atoms with Gasteiger partial charge in [0.1, 0.15) is 11.7 Å². The maximum Gasteiger partial charge on any atom is 0.169 e. The van der Waals surface area contributed by atoms with Crippen molar-refractivity contribution in [3.05, 3.63) is 24.3 Å². The third-order valence-corrected chi connectivity index (χ3v) is 3.07. The van der Waals surface area contributed by atoms with Crippen molar-refractivity contribution in [2.75, 3.05) is 11.7 Å². The van der Waals surface area contributed by atoms with Crippen LogP contribution in [0.3, 0.4) is 0 Å². The molecule has 0 saturated heterocycles. The van der Waals surface area contributed by atoms with Crippen molar-refractivity contribution in [2.24, 2.45) is 0 Å². The number of hydrogen-bond acceptors (Lipinski definition) is 5. The number of thioether (sulfide) groups is 1. The van der Waals surface area contributed by atoms with Crippen LogP contribution in [0, 0.1) is 0 Å². The Bertz CT molecular complexity index is 510. The standard InChI is InChI=1S/C10H8N2O2S/c11-10-4-7(14-12-10)6-1-2-9-8(3-6)13-5-15-9/h1-4H,5H2,(H2,11,12). The second-order valence-corrected chi connectivity index (χ2v) is 4.15. The lowest BCUT2D eigenvalue weighted by molar-refractivity contribution is 0.397. The van der Waals surface area contributed by atoms with Crippen molar-refractivity contribution in [3.63, 3.8) is 0 Å². The SMILES string of the molecule is Nc1cc(-c2ccc3c(c2)OCS3)on1. The number of nitrogen functional groups attached to an aromatic ring is 1. The average Bonchev–Trinajstić information content (AvgIpc) is 2.84. The van der Waals surface area contributed by atoms with E-state index in [-0.39, 0.29) is 0 Å².